The second kappa shape index (κ2) is 7.39. The summed E-state index contributed by atoms with van der Waals surface area (Å²) in [7, 11) is 0. The van der Waals surface area contributed by atoms with Crippen molar-refractivity contribution in [1.29, 1.82) is 0 Å². The van der Waals surface area contributed by atoms with Crippen molar-refractivity contribution in [2.45, 2.75) is 56.6 Å². The highest BCUT2D eigenvalue weighted by atomic mass is 16.3. The quantitative estimate of drug-likeness (QED) is 0.841. The fraction of sp³-hybridized carbons (Fsp3) is 0.737. The van der Waals surface area contributed by atoms with E-state index in [1.807, 2.05) is 4.90 Å². The van der Waals surface area contributed by atoms with Crippen LogP contribution < -0.4 is 10.2 Å². The van der Waals surface area contributed by atoms with Crippen LogP contribution in [-0.2, 0) is 0 Å². The Bertz CT molecular complexity index is 622. The summed E-state index contributed by atoms with van der Waals surface area (Å²) < 4.78 is 0. The fourth-order valence-corrected chi connectivity index (χ4v) is 4.66. The number of aromatic nitrogens is 2. The maximum absolute atomic E-state index is 12.7. The molecule has 2 aliphatic heterocycles. The number of likely N-dealkylation sites (tertiary alicyclic amines) is 1. The SMILES string of the molecule is O=C(NC1CCCCC1)N1CC[C@@]2(O)CCN(c3cnccn3)C[C@H]2C1. The van der Waals surface area contributed by atoms with E-state index in [4.69, 9.17) is 0 Å². The molecule has 1 aliphatic carbocycles. The number of nitrogens with one attached hydrogen (secondary N) is 1. The zero-order valence-corrected chi connectivity index (χ0v) is 15.3. The molecule has 7 heteroatoms. The second-order valence-electron chi connectivity index (χ2n) is 8.04. The van der Waals surface area contributed by atoms with Crippen LogP contribution in [0.5, 0.6) is 0 Å². The van der Waals surface area contributed by atoms with Gasteiger partial charge in [-0.25, -0.2) is 9.78 Å². The number of amides is 2. The number of piperidine rings is 2. The van der Waals surface area contributed by atoms with Crippen LogP contribution in [0.25, 0.3) is 0 Å². The lowest BCUT2D eigenvalue weighted by molar-refractivity contribution is -0.0748. The van der Waals surface area contributed by atoms with Gasteiger partial charge >= 0.3 is 6.03 Å². The first-order valence-corrected chi connectivity index (χ1v) is 9.93. The molecule has 0 aromatic carbocycles. The third-order valence-corrected chi connectivity index (χ3v) is 6.36. The van der Waals surface area contributed by atoms with Crippen LogP contribution in [0.4, 0.5) is 10.6 Å². The van der Waals surface area contributed by atoms with Crippen molar-refractivity contribution in [3.05, 3.63) is 18.6 Å². The van der Waals surface area contributed by atoms with E-state index in [1.165, 1.54) is 19.3 Å². The number of carbonyl (C=O) groups excluding carboxylic acids is 1. The van der Waals surface area contributed by atoms with Crippen molar-refractivity contribution < 1.29 is 9.90 Å². The highest BCUT2D eigenvalue weighted by Gasteiger charge is 2.46. The Morgan fingerprint density at radius 3 is 2.73 bits per heavy atom. The summed E-state index contributed by atoms with van der Waals surface area (Å²) in [5, 5.41) is 14.3. The summed E-state index contributed by atoms with van der Waals surface area (Å²) in [6.07, 6.45) is 12.4. The van der Waals surface area contributed by atoms with Gasteiger partial charge in [0.2, 0.25) is 0 Å². The number of hydrogen-bond acceptors (Lipinski definition) is 5. The molecule has 3 aliphatic rings. The van der Waals surface area contributed by atoms with E-state index < -0.39 is 5.60 Å². The Balaban J connectivity index is 1.39. The highest BCUT2D eigenvalue weighted by Crippen LogP contribution is 2.36. The largest absolute Gasteiger partial charge is 0.389 e. The van der Waals surface area contributed by atoms with Crippen molar-refractivity contribution in [1.82, 2.24) is 20.2 Å². The van der Waals surface area contributed by atoms with E-state index in [-0.39, 0.29) is 11.9 Å². The second-order valence-corrected chi connectivity index (χ2v) is 8.04. The number of carbonyl (C=O) groups is 1. The number of urea groups is 1. The lowest BCUT2D eigenvalue weighted by Gasteiger charge is -2.50. The summed E-state index contributed by atoms with van der Waals surface area (Å²) >= 11 is 0. The summed E-state index contributed by atoms with van der Waals surface area (Å²) in [4.78, 5) is 25.3. The molecule has 3 heterocycles. The first-order chi connectivity index (χ1) is 12.6. The van der Waals surface area contributed by atoms with Crippen molar-refractivity contribution in [3.63, 3.8) is 0 Å². The molecule has 26 heavy (non-hydrogen) atoms. The van der Waals surface area contributed by atoms with Crippen LogP contribution in [0, 0.1) is 5.92 Å². The third kappa shape index (κ3) is 3.63. The predicted molar refractivity (Wildman–Crippen MR) is 98.9 cm³/mol. The number of anilines is 1. The van der Waals surface area contributed by atoms with Crippen LogP contribution in [-0.4, -0.2) is 63.8 Å². The van der Waals surface area contributed by atoms with E-state index in [0.717, 1.165) is 25.2 Å². The van der Waals surface area contributed by atoms with Gasteiger partial charge in [0.05, 0.1) is 11.8 Å². The molecular weight excluding hydrogens is 330 g/mol. The molecule has 1 saturated carbocycles. The minimum Gasteiger partial charge on any atom is -0.389 e. The van der Waals surface area contributed by atoms with Gasteiger partial charge in [0.1, 0.15) is 5.82 Å². The maximum Gasteiger partial charge on any atom is 0.317 e. The van der Waals surface area contributed by atoms with E-state index in [0.29, 0.717) is 38.5 Å². The summed E-state index contributed by atoms with van der Waals surface area (Å²) in [6, 6.07) is 0.357. The molecule has 142 valence electrons. The highest BCUT2D eigenvalue weighted by molar-refractivity contribution is 5.74. The van der Waals surface area contributed by atoms with E-state index >= 15 is 0 Å². The minimum atomic E-state index is -0.666. The molecule has 0 radical (unpaired) electrons. The normalized spacial score (nSPS) is 30.0. The number of nitrogens with zero attached hydrogens (tertiary/aromatic N) is 4. The average molecular weight is 359 g/mol. The zero-order valence-electron chi connectivity index (χ0n) is 15.3. The van der Waals surface area contributed by atoms with Gasteiger partial charge in [-0.15, -0.1) is 0 Å². The molecule has 4 rings (SSSR count). The van der Waals surface area contributed by atoms with Gasteiger partial charge < -0.3 is 20.2 Å². The molecule has 2 N–H and O–H groups in total. The first-order valence-electron chi connectivity index (χ1n) is 9.93. The van der Waals surface area contributed by atoms with Crippen molar-refractivity contribution >= 4 is 11.8 Å². The smallest absolute Gasteiger partial charge is 0.317 e. The molecule has 1 aromatic heterocycles. The molecule has 0 spiro atoms. The van der Waals surface area contributed by atoms with Crippen LogP contribution in [0.3, 0.4) is 0 Å². The number of aliphatic hydroxyl groups is 1. The predicted octanol–water partition coefficient (Wildman–Crippen LogP) is 1.78. The van der Waals surface area contributed by atoms with Crippen LogP contribution in [0.1, 0.15) is 44.9 Å². The zero-order chi connectivity index (χ0) is 18.0. The molecule has 7 nitrogen and oxygen atoms in total. The molecule has 1 aromatic rings. The lowest BCUT2D eigenvalue weighted by atomic mass is 9.75. The molecule has 0 unspecified atom stereocenters. The first kappa shape index (κ1) is 17.5. The number of fused-ring (bicyclic) bond motifs is 1. The van der Waals surface area contributed by atoms with Gasteiger partial charge in [-0.2, -0.15) is 0 Å². The Morgan fingerprint density at radius 1 is 1.15 bits per heavy atom. The Labute approximate surface area is 154 Å². The Morgan fingerprint density at radius 2 is 1.96 bits per heavy atom. The van der Waals surface area contributed by atoms with Crippen LogP contribution >= 0.6 is 0 Å². The van der Waals surface area contributed by atoms with E-state index in [2.05, 4.69) is 20.2 Å². The lowest BCUT2D eigenvalue weighted by Crippen LogP contribution is -2.62. The maximum atomic E-state index is 12.7. The van der Waals surface area contributed by atoms with Crippen molar-refractivity contribution in [2.75, 3.05) is 31.1 Å². The van der Waals surface area contributed by atoms with Crippen LogP contribution in [0.15, 0.2) is 18.6 Å². The Kier molecular flexibility index (Phi) is 4.98. The molecule has 3 fully saturated rings. The van der Waals surface area contributed by atoms with Gasteiger partial charge in [0.25, 0.3) is 0 Å². The standard InChI is InChI=1S/C19H29N5O2/c25-18(22-16-4-2-1-3-5-16)24-11-7-19(26)6-10-23(13-15(19)14-24)17-12-20-8-9-21-17/h8-9,12,15-16,26H,1-7,10-11,13-14H2,(H,22,25)/t15-,19-/m0/s1. The summed E-state index contributed by atoms with van der Waals surface area (Å²) in [6.45, 7) is 2.73. The molecule has 2 atom stereocenters. The van der Waals surface area contributed by atoms with E-state index in [9.17, 15) is 9.90 Å². The van der Waals surface area contributed by atoms with Gasteiger partial charge in [-0.1, -0.05) is 19.3 Å². The van der Waals surface area contributed by atoms with Crippen molar-refractivity contribution in [3.8, 4) is 0 Å². The van der Waals surface area contributed by atoms with Gasteiger partial charge in [-0.05, 0) is 25.7 Å². The van der Waals surface area contributed by atoms with Gasteiger partial charge in [0, 0.05) is 50.5 Å². The molecule has 2 saturated heterocycles. The summed E-state index contributed by atoms with van der Waals surface area (Å²) in [5.41, 5.74) is -0.666. The average Bonchev–Trinajstić information content (AvgIpc) is 2.68. The number of hydrogen-bond donors (Lipinski definition) is 2. The fourth-order valence-electron chi connectivity index (χ4n) is 4.66. The Hall–Kier alpha value is -1.89. The summed E-state index contributed by atoms with van der Waals surface area (Å²) in [5.74, 6) is 0.891. The topological polar surface area (TPSA) is 81.6 Å². The van der Waals surface area contributed by atoms with Gasteiger partial charge in [0.15, 0.2) is 0 Å². The van der Waals surface area contributed by atoms with Gasteiger partial charge in [-0.3, -0.25) is 4.98 Å². The van der Waals surface area contributed by atoms with Crippen molar-refractivity contribution in [2.24, 2.45) is 5.92 Å². The molecule has 2 amide bonds. The third-order valence-electron chi connectivity index (χ3n) is 6.36. The molecular formula is C19H29N5O2. The minimum absolute atomic E-state index is 0.0376. The van der Waals surface area contributed by atoms with E-state index in [1.54, 1.807) is 18.6 Å². The van der Waals surface area contributed by atoms with Crippen LogP contribution in [0.2, 0.25) is 0 Å². The number of rotatable bonds is 2. The molecule has 0 bridgehead atoms. The monoisotopic (exact) mass is 359 g/mol.